The van der Waals surface area contributed by atoms with E-state index in [4.69, 9.17) is 10.5 Å². The number of rotatable bonds is 5. The molecule has 0 atom stereocenters. The first kappa shape index (κ1) is 10.1. The highest BCUT2D eigenvalue weighted by atomic mass is 16.5. The van der Waals surface area contributed by atoms with Gasteiger partial charge in [0.2, 0.25) is 0 Å². The molecule has 1 aromatic heterocycles. The van der Waals surface area contributed by atoms with E-state index in [9.17, 15) is 0 Å². The summed E-state index contributed by atoms with van der Waals surface area (Å²) in [6.07, 6.45) is 4.76. The van der Waals surface area contributed by atoms with Crippen molar-refractivity contribution in [2.75, 3.05) is 12.3 Å². The van der Waals surface area contributed by atoms with Crippen LogP contribution in [0, 0.1) is 0 Å². The van der Waals surface area contributed by atoms with E-state index in [1.165, 1.54) is 0 Å². The van der Waals surface area contributed by atoms with Crippen LogP contribution < -0.4 is 5.73 Å². The molecule has 0 unspecified atom stereocenters. The van der Waals surface area contributed by atoms with Crippen molar-refractivity contribution in [1.29, 1.82) is 0 Å². The maximum absolute atomic E-state index is 5.52. The molecule has 2 N–H and O–H groups in total. The molecule has 0 radical (unpaired) electrons. The van der Waals surface area contributed by atoms with Gasteiger partial charge in [0.15, 0.2) is 0 Å². The molecule has 0 saturated carbocycles. The monoisotopic (exact) mass is 183 g/mol. The lowest BCUT2D eigenvalue weighted by molar-refractivity contribution is 0.0743. The second-order valence-electron chi connectivity index (χ2n) is 3.31. The van der Waals surface area contributed by atoms with E-state index in [0.29, 0.717) is 11.8 Å². The van der Waals surface area contributed by atoms with Crippen LogP contribution in [0.3, 0.4) is 0 Å². The van der Waals surface area contributed by atoms with Crippen LogP contribution >= 0.6 is 0 Å². The Morgan fingerprint density at radius 3 is 2.92 bits per heavy atom. The van der Waals surface area contributed by atoms with E-state index in [1.54, 1.807) is 6.20 Å². The normalized spacial score (nSPS) is 11.0. The molecule has 0 aliphatic carbocycles. The van der Waals surface area contributed by atoms with Crippen molar-refractivity contribution in [1.82, 2.24) is 9.78 Å². The molecule has 1 rings (SSSR count). The maximum atomic E-state index is 5.52. The van der Waals surface area contributed by atoms with E-state index in [2.05, 4.69) is 5.10 Å². The van der Waals surface area contributed by atoms with Crippen LogP contribution in [0.5, 0.6) is 0 Å². The van der Waals surface area contributed by atoms with Gasteiger partial charge in [-0.1, -0.05) is 0 Å². The summed E-state index contributed by atoms with van der Waals surface area (Å²) in [7, 11) is 0. The molecule has 74 valence electrons. The zero-order valence-electron chi connectivity index (χ0n) is 8.23. The van der Waals surface area contributed by atoms with Crippen molar-refractivity contribution in [3.8, 4) is 0 Å². The van der Waals surface area contributed by atoms with Crippen molar-refractivity contribution >= 4 is 5.69 Å². The molecule has 0 bridgehead atoms. The second-order valence-corrected chi connectivity index (χ2v) is 3.31. The van der Waals surface area contributed by atoms with E-state index in [-0.39, 0.29) is 0 Å². The Hall–Kier alpha value is -1.03. The van der Waals surface area contributed by atoms with Crippen molar-refractivity contribution < 1.29 is 4.74 Å². The number of aryl methyl sites for hydroxylation is 1. The summed E-state index contributed by atoms with van der Waals surface area (Å²) in [5.41, 5.74) is 6.23. The topological polar surface area (TPSA) is 53.1 Å². The Morgan fingerprint density at radius 1 is 1.62 bits per heavy atom. The van der Waals surface area contributed by atoms with Gasteiger partial charge in [-0.15, -0.1) is 0 Å². The standard InChI is InChI=1S/C9H17N3O/c1-8(2)13-5-3-4-12-7-9(10)6-11-12/h6-8H,3-5,10H2,1-2H3. The molecule has 0 fully saturated rings. The number of ether oxygens (including phenoxy) is 1. The van der Waals surface area contributed by atoms with Crippen molar-refractivity contribution in [2.45, 2.75) is 32.9 Å². The van der Waals surface area contributed by atoms with E-state index < -0.39 is 0 Å². The van der Waals surface area contributed by atoms with E-state index in [0.717, 1.165) is 19.6 Å². The zero-order valence-corrected chi connectivity index (χ0v) is 8.23. The van der Waals surface area contributed by atoms with E-state index in [1.807, 2.05) is 24.7 Å². The zero-order chi connectivity index (χ0) is 9.68. The Labute approximate surface area is 78.7 Å². The average Bonchev–Trinajstić information content (AvgIpc) is 2.45. The Bertz CT molecular complexity index is 245. The van der Waals surface area contributed by atoms with Crippen molar-refractivity contribution in [3.05, 3.63) is 12.4 Å². The predicted molar refractivity (Wildman–Crippen MR) is 52.3 cm³/mol. The summed E-state index contributed by atoms with van der Waals surface area (Å²) in [5.74, 6) is 0. The van der Waals surface area contributed by atoms with Crippen LogP contribution in [0.1, 0.15) is 20.3 Å². The number of anilines is 1. The fraction of sp³-hybridized carbons (Fsp3) is 0.667. The van der Waals surface area contributed by atoms with Gasteiger partial charge in [-0.2, -0.15) is 5.10 Å². The number of aromatic nitrogens is 2. The number of nitrogen functional groups attached to an aromatic ring is 1. The lowest BCUT2D eigenvalue weighted by atomic mass is 10.4. The SMILES string of the molecule is CC(C)OCCCn1cc(N)cn1. The van der Waals surface area contributed by atoms with Crippen molar-refractivity contribution in [2.24, 2.45) is 0 Å². The molecule has 0 aliphatic rings. The summed E-state index contributed by atoms with van der Waals surface area (Å²) in [5, 5.41) is 4.07. The first-order chi connectivity index (χ1) is 6.18. The minimum absolute atomic E-state index is 0.308. The third-order valence-corrected chi connectivity index (χ3v) is 1.64. The fourth-order valence-electron chi connectivity index (χ4n) is 1.05. The van der Waals surface area contributed by atoms with Crippen LogP contribution in [0.2, 0.25) is 0 Å². The van der Waals surface area contributed by atoms with Gasteiger partial charge >= 0.3 is 0 Å². The molecule has 4 heteroatoms. The predicted octanol–water partition coefficient (Wildman–Crippen LogP) is 1.28. The molecule has 0 spiro atoms. The second kappa shape index (κ2) is 4.87. The van der Waals surface area contributed by atoms with Crippen LogP contribution in [0.25, 0.3) is 0 Å². The highest BCUT2D eigenvalue weighted by Gasteiger charge is 1.95. The smallest absolute Gasteiger partial charge is 0.0719 e. The quantitative estimate of drug-likeness (QED) is 0.700. The fourth-order valence-corrected chi connectivity index (χ4v) is 1.05. The third kappa shape index (κ3) is 3.94. The average molecular weight is 183 g/mol. The maximum Gasteiger partial charge on any atom is 0.0719 e. The Kier molecular flexibility index (Phi) is 3.76. The van der Waals surface area contributed by atoms with Gasteiger partial charge in [0.1, 0.15) is 0 Å². The molecule has 0 amide bonds. The molecule has 0 aliphatic heterocycles. The van der Waals surface area contributed by atoms with Gasteiger partial charge in [0.25, 0.3) is 0 Å². The Morgan fingerprint density at radius 2 is 2.38 bits per heavy atom. The van der Waals surface area contributed by atoms with Gasteiger partial charge in [0, 0.05) is 19.3 Å². The summed E-state index contributed by atoms with van der Waals surface area (Å²) in [6.45, 7) is 5.71. The van der Waals surface area contributed by atoms with Gasteiger partial charge in [-0.05, 0) is 20.3 Å². The molecule has 4 nitrogen and oxygen atoms in total. The van der Waals surface area contributed by atoms with Crippen molar-refractivity contribution in [3.63, 3.8) is 0 Å². The van der Waals surface area contributed by atoms with Crippen LogP contribution in [0.15, 0.2) is 12.4 Å². The van der Waals surface area contributed by atoms with Gasteiger partial charge in [-0.25, -0.2) is 0 Å². The van der Waals surface area contributed by atoms with Crippen LogP contribution in [-0.4, -0.2) is 22.5 Å². The summed E-state index contributed by atoms with van der Waals surface area (Å²) < 4.78 is 7.23. The largest absolute Gasteiger partial charge is 0.396 e. The molecule has 13 heavy (non-hydrogen) atoms. The lowest BCUT2D eigenvalue weighted by Crippen LogP contribution is -2.07. The third-order valence-electron chi connectivity index (χ3n) is 1.64. The molecular formula is C9H17N3O. The Balaban J connectivity index is 2.13. The number of hydrogen-bond acceptors (Lipinski definition) is 3. The van der Waals surface area contributed by atoms with Crippen LogP contribution in [0.4, 0.5) is 5.69 Å². The van der Waals surface area contributed by atoms with Gasteiger partial charge in [0.05, 0.1) is 18.0 Å². The number of nitrogens with zero attached hydrogens (tertiary/aromatic N) is 2. The highest BCUT2D eigenvalue weighted by molar-refractivity contribution is 5.30. The first-order valence-corrected chi connectivity index (χ1v) is 4.58. The molecular weight excluding hydrogens is 166 g/mol. The minimum atomic E-state index is 0.308. The van der Waals surface area contributed by atoms with E-state index >= 15 is 0 Å². The number of hydrogen-bond donors (Lipinski definition) is 1. The van der Waals surface area contributed by atoms with Gasteiger partial charge < -0.3 is 10.5 Å². The summed E-state index contributed by atoms with van der Waals surface area (Å²) >= 11 is 0. The minimum Gasteiger partial charge on any atom is -0.396 e. The molecule has 1 heterocycles. The number of nitrogens with two attached hydrogens (primary N) is 1. The lowest BCUT2D eigenvalue weighted by Gasteiger charge is -2.06. The first-order valence-electron chi connectivity index (χ1n) is 4.58. The highest BCUT2D eigenvalue weighted by Crippen LogP contribution is 1.99. The summed E-state index contributed by atoms with van der Waals surface area (Å²) in [6, 6.07) is 0. The molecule has 0 aromatic carbocycles. The van der Waals surface area contributed by atoms with Gasteiger partial charge in [-0.3, -0.25) is 4.68 Å². The van der Waals surface area contributed by atoms with Crippen LogP contribution in [-0.2, 0) is 11.3 Å². The summed E-state index contributed by atoms with van der Waals surface area (Å²) in [4.78, 5) is 0. The molecule has 0 saturated heterocycles. The molecule has 1 aromatic rings.